The van der Waals surface area contributed by atoms with Gasteiger partial charge in [0.2, 0.25) is 10.0 Å². The molecule has 4 nitrogen and oxygen atoms in total. The van der Waals surface area contributed by atoms with Gasteiger partial charge in [-0.3, -0.25) is 0 Å². The van der Waals surface area contributed by atoms with Gasteiger partial charge in [0.1, 0.15) is 4.90 Å². The Hall–Kier alpha value is 0.0800. The van der Waals surface area contributed by atoms with E-state index in [0.717, 1.165) is 4.31 Å². The molecule has 0 spiro atoms. The van der Waals surface area contributed by atoms with Crippen LogP contribution in [0.2, 0.25) is 10.0 Å². The third-order valence-electron chi connectivity index (χ3n) is 2.56. The number of nitrogens with zero attached hydrogens (tertiary/aromatic N) is 1. The minimum atomic E-state index is -3.88. The van der Waals surface area contributed by atoms with Crippen LogP contribution in [0, 0.1) is 0 Å². The van der Waals surface area contributed by atoms with E-state index in [9.17, 15) is 8.42 Å². The van der Waals surface area contributed by atoms with Crippen LogP contribution < -0.4 is 5.73 Å². The molecule has 0 fully saturated rings. The lowest BCUT2D eigenvalue weighted by atomic mass is 10.3. The quantitative estimate of drug-likeness (QED) is 0.781. The molecule has 0 aliphatic rings. The predicted molar refractivity (Wildman–Crippen MR) is 85.4 cm³/mol. The molecule has 0 aliphatic carbocycles. The number of rotatable bonds is 4. The summed E-state index contributed by atoms with van der Waals surface area (Å²) in [5.41, 5.74) is 5.46. The highest BCUT2D eigenvalue weighted by molar-refractivity contribution is 9.10. The smallest absolute Gasteiger partial charge is 0.246 e. The molecular formula is C10H11BrCl2N2O2S2. The van der Waals surface area contributed by atoms with Gasteiger partial charge in [-0.05, 0) is 19.1 Å². The molecule has 0 aliphatic heterocycles. The van der Waals surface area contributed by atoms with Gasteiger partial charge in [-0.25, -0.2) is 8.42 Å². The molecule has 2 N–H and O–H groups in total. The average molecular weight is 406 g/mol. The van der Waals surface area contributed by atoms with Gasteiger partial charge in [-0.2, -0.15) is 4.31 Å². The Kier molecular flexibility index (Phi) is 5.62. The zero-order chi connectivity index (χ0) is 15.0. The topological polar surface area (TPSA) is 63.4 Å². The van der Waals surface area contributed by atoms with E-state index in [1.165, 1.54) is 19.2 Å². The lowest BCUT2D eigenvalue weighted by Crippen LogP contribution is -2.42. The Bertz CT molecular complexity index is 599. The van der Waals surface area contributed by atoms with E-state index in [-0.39, 0.29) is 19.9 Å². The van der Waals surface area contributed by atoms with Gasteiger partial charge in [-0.15, -0.1) is 0 Å². The van der Waals surface area contributed by atoms with Crippen LogP contribution in [-0.2, 0) is 10.0 Å². The summed E-state index contributed by atoms with van der Waals surface area (Å²) in [4.78, 5) is -0.0972. The fourth-order valence-electron chi connectivity index (χ4n) is 1.31. The number of halogens is 3. The minimum Gasteiger partial charge on any atom is -0.392 e. The van der Waals surface area contributed by atoms with Crippen molar-refractivity contribution in [3.8, 4) is 0 Å². The Morgan fingerprint density at radius 3 is 2.21 bits per heavy atom. The summed E-state index contributed by atoms with van der Waals surface area (Å²) in [5.74, 6) is 0. The van der Waals surface area contributed by atoms with Crippen LogP contribution in [0.15, 0.2) is 21.5 Å². The average Bonchev–Trinajstić information content (AvgIpc) is 2.24. The highest BCUT2D eigenvalue weighted by Crippen LogP contribution is 2.34. The minimum absolute atomic E-state index is 0.0290. The van der Waals surface area contributed by atoms with E-state index in [1.807, 2.05) is 0 Å². The molecule has 0 bridgehead atoms. The Morgan fingerprint density at radius 2 is 1.84 bits per heavy atom. The van der Waals surface area contributed by atoms with Crippen LogP contribution in [-0.4, -0.2) is 30.8 Å². The summed E-state index contributed by atoms with van der Waals surface area (Å²) in [6.45, 7) is 1.58. The molecule has 1 aromatic carbocycles. The molecule has 0 saturated carbocycles. The van der Waals surface area contributed by atoms with Gasteiger partial charge in [0, 0.05) is 11.5 Å². The number of likely N-dealkylation sites (N-methyl/N-ethyl adjacent to an activating group) is 1. The van der Waals surface area contributed by atoms with Gasteiger partial charge in [0.15, 0.2) is 0 Å². The molecule has 9 heteroatoms. The van der Waals surface area contributed by atoms with E-state index in [2.05, 4.69) is 15.9 Å². The first kappa shape index (κ1) is 17.1. The molecule has 19 heavy (non-hydrogen) atoms. The number of sulfonamides is 1. The third-order valence-corrected chi connectivity index (χ3v) is 6.21. The molecule has 1 unspecified atom stereocenters. The van der Waals surface area contributed by atoms with Crippen molar-refractivity contribution in [1.29, 1.82) is 0 Å². The molecule has 1 atom stereocenters. The Morgan fingerprint density at radius 1 is 1.42 bits per heavy atom. The van der Waals surface area contributed by atoms with Crippen molar-refractivity contribution in [2.45, 2.75) is 17.9 Å². The van der Waals surface area contributed by atoms with Crippen LogP contribution in [0.3, 0.4) is 0 Å². The van der Waals surface area contributed by atoms with Crippen LogP contribution in [0.1, 0.15) is 6.92 Å². The molecule has 0 radical (unpaired) electrons. The molecule has 106 valence electrons. The lowest BCUT2D eigenvalue weighted by molar-refractivity contribution is 0.451. The second-order valence-corrected chi connectivity index (χ2v) is 7.93. The maximum atomic E-state index is 12.5. The van der Waals surface area contributed by atoms with Crippen molar-refractivity contribution in [2.75, 3.05) is 7.05 Å². The van der Waals surface area contributed by atoms with E-state index in [4.69, 9.17) is 41.2 Å². The number of benzene rings is 1. The number of nitrogens with two attached hydrogens (primary N) is 1. The number of hydrogen-bond donors (Lipinski definition) is 1. The molecule has 0 saturated heterocycles. The molecule has 0 heterocycles. The summed E-state index contributed by atoms with van der Waals surface area (Å²) in [7, 11) is -2.51. The van der Waals surface area contributed by atoms with Gasteiger partial charge in [0.25, 0.3) is 0 Å². The zero-order valence-corrected chi connectivity index (χ0v) is 14.8. The van der Waals surface area contributed by atoms with Gasteiger partial charge in [0.05, 0.1) is 21.1 Å². The second kappa shape index (κ2) is 6.24. The fraction of sp³-hybridized carbons (Fsp3) is 0.300. The lowest BCUT2D eigenvalue weighted by Gasteiger charge is -2.24. The van der Waals surface area contributed by atoms with Crippen molar-refractivity contribution in [2.24, 2.45) is 5.73 Å². The predicted octanol–water partition coefficient (Wildman–Crippen LogP) is 3.05. The fourth-order valence-corrected chi connectivity index (χ4v) is 4.75. The summed E-state index contributed by atoms with van der Waals surface area (Å²) in [6.07, 6.45) is 0. The summed E-state index contributed by atoms with van der Waals surface area (Å²) < 4.78 is 26.5. The van der Waals surface area contributed by atoms with Gasteiger partial charge in [-0.1, -0.05) is 51.3 Å². The highest BCUT2D eigenvalue weighted by atomic mass is 79.9. The Labute approximate surface area is 136 Å². The van der Waals surface area contributed by atoms with Crippen molar-refractivity contribution < 1.29 is 8.42 Å². The summed E-state index contributed by atoms with van der Waals surface area (Å²) >= 11 is 19.9. The van der Waals surface area contributed by atoms with Gasteiger partial charge < -0.3 is 5.73 Å². The number of thiocarbonyl (C=S) groups is 1. The maximum absolute atomic E-state index is 12.5. The van der Waals surface area contributed by atoms with Crippen molar-refractivity contribution in [3.05, 3.63) is 26.7 Å². The number of hydrogen-bond acceptors (Lipinski definition) is 3. The van der Waals surface area contributed by atoms with Crippen LogP contribution in [0.4, 0.5) is 0 Å². The van der Waals surface area contributed by atoms with Crippen LogP contribution in [0.5, 0.6) is 0 Å². The maximum Gasteiger partial charge on any atom is 0.246 e. The van der Waals surface area contributed by atoms with Crippen molar-refractivity contribution >= 4 is 66.4 Å². The summed E-state index contributed by atoms with van der Waals surface area (Å²) in [5, 5.41) is 0.0581. The normalized spacial score (nSPS) is 13.6. The first-order valence-electron chi connectivity index (χ1n) is 5.01. The van der Waals surface area contributed by atoms with Gasteiger partial charge >= 0.3 is 0 Å². The third kappa shape index (κ3) is 3.59. The van der Waals surface area contributed by atoms with E-state index >= 15 is 0 Å². The second-order valence-electron chi connectivity index (χ2n) is 3.80. The monoisotopic (exact) mass is 404 g/mol. The Balaban J connectivity index is 3.40. The first-order chi connectivity index (χ1) is 8.59. The molecule has 0 amide bonds. The van der Waals surface area contributed by atoms with Crippen LogP contribution in [0.25, 0.3) is 0 Å². The molecular weight excluding hydrogens is 395 g/mol. The van der Waals surface area contributed by atoms with E-state index in [0.29, 0.717) is 4.47 Å². The van der Waals surface area contributed by atoms with Crippen molar-refractivity contribution in [3.63, 3.8) is 0 Å². The SMILES string of the molecule is CC(C(N)=S)N(C)S(=O)(=O)c1c(Cl)cc(Br)cc1Cl. The standard InChI is InChI=1S/C10H11BrCl2N2O2S2/c1-5(10(14)18)15(2)19(16,17)9-7(12)3-6(11)4-8(9)13/h3-5H,1-2H3,(H2,14,18). The van der Waals surface area contributed by atoms with E-state index < -0.39 is 16.1 Å². The summed E-state index contributed by atoms with van der Waals surface area (Å²) in [6, 6.07) is 2.27. The van der Waals surface area contributed by atoms with Crippen LogP contribution >= 0.6 is 51.3 Å². The molecule has 1 rings (SSSR count). The highest BCUT2D eigenvalue weighted by Gasteiger charge is 2.31. The van der Waals surface area contributed by atoms with Crippen molar-refractivity contribution in [1.82, 2.24) is 4.31 Å². The zero-order valence-electron chi connectivity index (χ0n) is 10.0. The van der Waals surface area contributed by atoms with E-state index in [1.54, 1.807) is 6.92 Å². The molecule has 1 aromatic rings. The first-order valence-corrected chi connectivity index (χ1v) is 8.40. The largest absolute Gasteiger partial charge is 0.392 e. The molecule has 0 aromatic heterocycles.